The molecule has 2 heterocycles. The number of fused-ring (bicyclic) bond motifs is 1. The average molecular weight is 383 g/mol. The van der Waals surface area contributed by atoms with Gasteiger partial charge in [-0.2, -0.15) is 5.10 Å². The largest absolute Gasteiger partial charge is 0.391 e. The highest BCUT2D eigenvalue weighted by Crippen LogP contribution is 2.37. The summed E-state index contributed by atoms with van der Waals surface area (Å²) in [6.45, 7) is 8.72. The Balaban J connectivity index is 1.52. The van der Waals surface area contributed by atoms with Crippen LogP contribution in [0.15, 0.2) is 30.6 Å². The number of amides is 1. The number of nitrogens with one attached hydrogen (secondary N) is 1. The standard InChI is InChI=1S/C22H30N4O2/c1-14-7-15(2)19(21(8-14)26-6-4-5-23-26)13-25-11-17-9-20(24-16(3)27)22(28)10-18(17)12-25/h4-8,17-18,20,22,28H,9-13H2,1-3H3,(H,24,27)/t17-,18+,20-,22-/m1/s1. The number of aliphatic hydroxyl groups excluding tert-OH is 1. The Morgan fingerprint density at radius 1 is 1.25 bits per heavy atom. The lowest BCUT2D eigenvalue weighted by atomic mass is 9.77. The Labute approximate surface area is 166 Å². The Morgan fingerprint density at radius 3 is 2.68 bits per heavy atom. The fraction of sp³-hybridized carbons (Fsp3) is 0.545. The number of hydrogen-bond donors (Lipinski definition) is 2. The summed E-state index contributed by atoms with van der Waals surface area (Å²) in [5.41, 5.74) is 4.99. The molecule has 0 radical (unpaired) electrons. The van der Waals surface area contributed by atoms with Gasteiger partial charge >= 0.3 is 0 Å². The van der Waals surface area contributed by atoms with Gasteiger partial charge < -0.3 is 10.4 Å². The topological polar surface area (TPSA) is 70.4 Å². The van der Waals surface area contributed by atoms with Gasteiger partial charge in [0.15, 0.2) is 0 Å². The van der Waals surface area contributed by atoms with Gasteiger partial charge in [-0.3, -0.25) is 9.69 Å². The summed E-state index contributed by atoms with van der Waals surface area (Å²) in [6, 6.07) is 6.28. The van der Waals surface area contributed by atoms with Crippen LogP contribution in [0.1, 0.15) is 36.5 Å². The molecular formula is C22H30N4O2. The summed E-state index contributed by atoms with van der Waals surface area (Å²) < 4.78 is 1.95. The number of carbonyl (C=O) groups is 1. The van der Waals surface area contributed by atoms with Crippen LogP contribution < -0.4 is 5.32 Å². The van der Waals surface area contributed by atoms with Crippen molar-refractivity contribution in [1.29, 1.82) is 0 Å². The smallest absolute Gasteiger partial charge is 0.217 e. The number of aryl methyl sites for hydroxylation is 2. The second-order valence-corrected chi connectivity index (χ2v) is 8.59. The maximum absolute atomic E-state index is 11.4. The van der Waals surface area contributed by atoms with E-state index < -0.39 is 6.10 Å². The van der Waals surface area contributed by atoms with Crippen molar-refractivity contribution in [1.82, 2.24) is 20.0 Å². The summed E-state index contributed by atoms with van der Waals surface area (Å²) in [7, 11) is 0. The molecule has 2 fully saturated rings. The molecule has 1 aromatic carbocycles. The van der Waals surface area contributed by atoms with E-state index in [0.29, 0.717) is 11.8 Å². The number of aromatic nitrogens is 2. The number of likely N-dealkylation sites (tertiary alicyclic amines) is 1. The lowest BCUT2D eigenvalue weighted by Crippen LogP contribution is -2.48. The second-order valence-electron chi connectivity index (χ2n) is 8.59. The fourth-order valence-corrected chi connectivity index (χ4v) is 5.09. The Bertz CT molecular complexity index is 848. The molecule has 2 N–H and O–H groups in total. The third-order valence-corrected chi connectivity index (χ3v) is 6.33. The molecule has 2 aliphatic rings. The zero-order valence-corrected chi connectivity index (χ0v) is 16.9. The van der Waals surface area contributed by atoms with Crippen molar-refractivity contribution in [3.63, 3.8) is 0 Å². The van der Waals surface area contributed by atoms with Gasteiger partial charge in [0.05, 0.1) is 17.8 Å². The molecule has 4 atom stereocenters. The van der Waals surface area contributed by atoms with Gasteiger partial charge in [-0.05, 0) is 67.3 Å². The van der Waals surface area contributed by atoms with Crippen molar-refractivity contribution in [3.05, 3.63) is 47.3 Å². The van der Waals surface area contributed by atoms with E-state index in [2.05, 4.69) is 41.3 Å². The average Bonchev–Trinajstić information content (AvgIpc) is 3.26. The lowest BCUT2D eigenvalue weighted by Gasteiger charge is -2.35. The van der Waals surface area contributed by atoms with Crippen LogP contribution in [0.25, 0.3) is 5.69 Å². The van der Waals surface area contributed by atoms with Crippen LogP contribution in [0.3, 0.4) is 0 Å². The SMILES string of the molecule is CC(=O)N[C@@H]1C[C@@H]2CN(Cc3c(C)cc(C)cc3-n3cccn3)C[C@@H]2C[C@H]1O. The molecule has 0 spiro atoms. The monoisotopic (exact) mass is 382 g/mol. The molecule has 1 saturated heterocycles. The quantitative estimate of drug-likeness (QED) is 0.851. The van der Waals surface area contributed by atoms with Crippen molar-refractivity contribution < 1.29 is 9.90 Å². The predicted molar refractivity (Wildman–Crippen MR) is 108 cm³/mol. The van der Waals surface area contributed by atoms with Crippen LogP contribution in [0, 0.1) is 25.7 Å². The molecule has 4 rings (SSSR count). The molecule has 1 aliphatic heterocycles. The van der Waals surface area contributed by atoms with Gasteiger partial charge in [-0.1, -0.05) is 6.07 Å². The Kier molecular flexibility index (Phi) is 5.25. The molecule has 6 heteroatoms. The molecular weight excluding hydrogens is 352 g/mol. The lowest BCUT2D eigenvalue weighted by molar-refractivity contribution is -0.121. The number of nitrogens with zero attached hydrogens (tertiary/aromatic N) is 3. The van der Waals surface area contributed by atoms with Gasteiger partial charge in [0.1, 0.15) is 0 Å². The molecule has 150 valence electrons. The molecule has 1 aliphatic carbocycles. The van der Waals surface area contributed by atoms with E-state index >= 15 is 0 Å². The predicted octanol–water partition coefficient (Wildman–Crippen LogP) is 2.20. The second kappa shape index (κ2) is 7.68. The first-order valence-corrected chi connectivity index (χ1v) is 10.2. The van der Waals surface area contributed by atoms with Crippen LogP contribution in [0.4, 0.5) is 0 Å². The maximum Gasteiger partial charge on any atom is 0.217 e. The minimum atomic E-state index is -0.439. The van der Waals surface area contributed by atoms with Gasteiger partial charge in [0.25, 0.3) is 0 Å². The van der Waals surface area contributed by atoms with Gasteiger partial charge in [-0.15, -0.1) is 0 Å². The van der Waals surface area contributed by atoms with Crippen LogP contribution in [0.2, 0.25) is 0 Å². The Hall–Kier alpha value is -2.18. The van der Waals surface area contributed by atoms with Crippen molar-refractivity contribution in [2.75, 3.05) is 13.1 Å². The number of hydrogen-bond acceptors (Lipinski definition) is 4. The first-order chi connectivity index (χ1) is 13.4. The highest BCUT2D eigenvalue weighted by atomic mass is 16.3. The van der Waals surface area contributed by atoms with Crippen LogP contribution in [-0.2, 0) is 11.3 Å². The zero-order chi connectivity index (χ0) is 19.8. The molecule has 0 unspecified atom stereocenters. The maximum atomic E-state index is 11.4. The molecule has 6 nitrogen and oxygen atoms in total. The van der Waals surface area contributed by atoms with Gasteiger partial charge in [0.2, 0.25) is 5.91 Å². The van der Waals surface area contributed by atoms with Crippen LogP contribution in [0.5, 0.6) is 0 Å². The number of rotatable bonds is 4. The zero-order valence-electron chi connectivity index (χ0n) is 16.9. The summed E-state index contributed by atoms with van der Waals surface area (Å²) in [5, 5.41) is 17.8. The van der Waals surface area contributed by atoms with E-state index in [9.17, 15) is 9.90 Å². The van der Waals surface area contributed by atoms with E-state index in [1.165, 1.54) is 23.6 Å². The minimum Gasteiger partial charge on any atom is -0.391 e. The van der Waals surface area contributed by atoms with E-state index in [0.717, 1.165) is 38.2 Å². The van der Waals surface area contributed by atoms with E-state index in [4.69, 9.17) is 0 Å². The fourth-order valence-electron chi connectivity index (χ4n) is 5.09. The van der Waals surface area contributed by atoms with E-state index in [1.807, 2.05) is 23.1 Å². The van der Waals surface area contributed by atoms with E-state index in [1.54, 1.807) is 0 Å². The first-order valence-electron chi connectivity index (χ1n) is 10.2. The summed E-state index contributed by atoms with van der Waals surface area (Å²) in [6.07, 6.45) is 5.00. The Morgan fingerprint density at radius 2 is 2.00 bits per heavy atom. The van der Waals surface area contributed by atoms with Crippen molar-refractivity contribution in [2.45, 2.75) is 52.3 Å². The van der Waals surface area contributed by atoms with Crippen molar-refractivity contribution in [3.8, 4) is 5.69 Å². The molecule has 1 amide bonds. The highest BCUT2D eigenvalue weighted by molar-refractivity contribution is 5.73. The van der Waals surface area contributed by atoms with Crippen LogP contribution in [-0.4, -0.2) is 50.9 Å². The summed E-state index contributed by atoms with van der Waals surface area (Å²) in [4.78, 5) is 13.9. The summed E-state index contributed by atoms with van der Waals surface area (Å²) >= 11 is 0. The van der Waals surface area contributed by atoms with Gasteiger partial charge in [0, 0.05) is 39.0 Å². The normalized spacial score (nSPS) is 27.6. The molecule has 2 aromatic rings. The molecule has 0 bridgehead atoms. The minimum absolute atomic E-state index is 0.0588. The third kappa shape index (κ3) is 3.84. The van der Waals surface area contributed by atoms with Crippen molar-refractivity contribution >= 4 is 5.91 Å². The van der Waals surface area contributed by atoms with Gasteiger partial charge in [-0.25, -0.2) is 4.68 Å². The number of benzene rings is 1. The first kappa shape index (κ1) is 19.2. The number of carbonyl (C=O) groups excluding carboxylic acids is 1. The highest BCUT2D eigenvalue weighted by Gasteiger charge is 2.42. The molecule has 1 saturated carbocycles. The van der Waals surface area contributed by atoms with Crippen molar-refractivity contribution in [2.24, 2.45) is 11.8 Å². The summed E-state index contributed by atoms with van der Waals surface area (Å²) in [5.74, 6) is 0.967. The third-order valence-electron chi connectivity index (χ3n) is 6.33. The van der Waals surface area contributed by atoms with E-state index in [-0.39, 0.29) is 11.9 Å². The molecule has 1 aromatic heterocycles. The number of aliphatic hydroxyl groups is 1. The van der Waals surface area contributed by atoms with Crippen LogP contribution >= 0.6 is 0 Å². The molecule has 28 heavy (non-hydrogen) atoms.